The van der Waals surface area contributed by atoms with Crippen LogP contribution in [-0.4, -0.2) is 37.1 Å². The molecule has 0 bridgehead atoms. The zero-order valence-corrected chi connectivity index (χ0v) is 17.4. The first-order valence-electron chi connectivity index (χ1n) is 9.53. The number of likely N-dealkylation sites (tertiary alicyclic amines) is 1. The fourth-order valence-electron chi connectivity index (χ4n) is 4.35. The number of carbonyl (C=O) groups is 1. The molecule has 28 heavy (non-hydrogen) atoms. The van der Waals surface area contributed by atoms with Crippen LogP contribution in [0, 0.1) is 5.41 Å². The number of benzene rings is 2. The van der Waals surface area contributed by atoms with E-state index in [9.17, 15) is 4.79 Å². The Morgan fingerprint density at radius 1 is 1.11 bits per heavy atom. The lowest BCUT2D eigenvalue weighted by molar-refractivity contribution is -0.147. The highest BCUT2D eigenvalue weighted by atomic mass is 35.5. The Kier molecular flexibility index (Phi) is 5.55. The fraction of sp³-hybridized carbons (Fsp3) is 0.409. The minimum absolute atomic E-state index is 0.137. The van der Waals surface area contributed by atoms with Crippen molar-refractivity contribution in [2.75, 3.05) is 26.2 Å². The van der Waals surface area contributed by atoms with Gasteiger partial charge in [0.2, 0.25) is 0 Å². The van der Waals surface area contributed by atoms with Crippen LogP contribution in [-0.2, 0) is 29.0 Å². The highest BCUT2D eigenvalue weighted by Gasteiger charge is 2.47. The number of nitrogens with zero attached hydrogens (tertiary/aromatic N) is 1. The number of halogens is 2. The molecule has 1 heterocycles. The molecule has 6 heteroatoms. The summed E-state index contributed by atoms with van der Waals surface area (Å²) >= 11 is 12.4. The van der Waals surface area contributed by atoms with Crippen LogP contribution in [0.5, 0.6) is 5.75 Å². The highest BCUT2D eigenvalue weighted by molar-refractivity contribution is 6.35. The lowest BCUT2D eigenvalue weighted by Gasteiger charge is -2.47. The van der Waals surface area contributed by atoms with E-state index in [4.69, 9.17) is 32.7 Å². The Hall–Kier alpha value is -1.75. The number of fused-ring (bicyclic) bond motifs is 1. The smallest absolute Gasteiger partial charge is 0.320 e. The first kappa shape index (κ1) is 19.6. The molecular weight excluding hydrogens is 397 g/mol. The van der Waals surface area contributed by atoms with Gasteiger partial charge in [-0.1, -0.05) is 35.3 Å². The molecule has 2 aromatic rings. The summed E-state index contributed by atoms with van der Waals surface area (Å²) in [6.07, 6.45) is 2.07. The van der Waals surface area contributed by atoms with Gasteiger partial charge in [0.05, 0.1) is 13.2 Å². The SMILES string of the molecule is CCOC(=O)CN1CC2(Cc3ccc(OCc4c(Cl)cccc4Cl)cc3C2)C1. The minimum atomic E-state index is -0.137. The molecule has 0 radical (unpaired) electrons. The Morgan fingerprint density at radius 3 is 2.54 bits per heavy atom. The van der Waals surface area contributed by atoms with Crippen LogP contribution in [0.25, 0.3) is 0 Å². The summed E-state index contributed by atoms with van der Waals surface area (Å²) < 4.78 is 11.0. The molecule has 1 fully saturated rings. The molecule has 4 nitrogen and oxygen atoms in total. The van der Waals surface area contributed by atoms with Crippen molar-refractivity contribution in [3.05, 3.63) is 63.1 Å². The maximum atomic E-state index is 11.7. The molecule has 4 rings (SSSR count). The normalized spacial score (nSPS) is 17.2. The Labute approximate surface area is 175 Å². The van der Waals surface area contributed by atoms with E-state index in [0.717, 1.165) is 37.2 Å². The number of carbonyl (C=O) groups excluding carboxylic acids is 1. The maximum absolute atomic E-state index is 11.7. The largest absolute Gasteiger partial charge is 0.489 e. The number of esters is 1. The molecule has 0 unspecified atom stereocenters. The summed E-state index contributed by atoms with van der Waals surface area (Å²) in [5.74, 6) is 0.691. The molecule has 0 N–H and O–H groups in total. The topological polar surface area (TPSA) is 38.8 Å². The molecule has 0 atom stereocenters. The van der Waals surface area contributed by atoms with E-state index in [-0.39, 0.29) is 11.4 Å². The van der Waals surface area contributed by atoms with Gasteiger partial charge in [0, 0.05) is 34.1 Å². The zero-order chi connectivity index (χ0) is 19.7. The predicted octanol–water partition coefficient (Wildman–Crippen LogP) is 4.54. The fourth-order valence-corrected chi connectivity index (χ4v) is 4.86. The van der Waals surface area contributed by atoms with Crippen molar-refractivity contribution in [2.45, 2.75) is 26.4 Å². The van der Waals surface area contributed by atoms with Gasteiger partial charge in [0.25, 0.3) is 0 Å². The van der Waals surface area contributed by atoms with Crippen LogP contribution in [0.3, 0.4) is 0 Å². The van der Waals surface area contributed by atoms with Crippen molar-refractivity contribution in [3.8, 4) is 5.75 Å². The molecule has 2 aromatic carbocycles. The second-order valence-electron chi connectivity index (χ2n) is 7.72. The van der Waals surface area contributed by atoms with Crippen LogP contribution in [0.2, 0.25) is 10.0 Å². The van der Waals surface area contributed by atoms with Crippen LogP contribution >= 0.6 is 23.2 Å². The summed E-state index contributed by atoms with van der Waals surface area (Å²) in [6, 6.07) is 11.8. The molecule has 2 aliphatic rings. The highest BCUT2D eigenvalue weighted by Crippen LogP contribution is 2.44. The minimum Gasteiger partial charge on any atom is -0.489 e. The average molecular weight is 420 g/mol. The second-order valence-corrected chi connectivity index (χ2v) is 8.54. The zero-order valence-electron chi connectivity index (χ0n) is 15.8. The van der Waals surface area contributed by atoms with Gasteiger partial charge in [0.15, 0.2) is 0 Å². The summed E-state index contributed by atoms with van der Waals surface area (Å²) in [7, 11) is 0. The van der Waals surface area contributed by atoms with E-state index in [1.54, 1.807) is 0 Å². The molecule has 1 spiro atoms. The lowest BCUT2D eigenvalue weighted by atomic mass is 9.77. The third kappa shape index (κ3) is 4.00. The van der Waals surface area contributed by atoms with E-state index in [0.29, 0.717) is 29.8 Å². The number of rotatable bonds is 6. The average Bonchev–Trinajstić information content (AvgIpc) is 3.00. The van der Waals surface area contributed by atoms with E-state index in [1.165, 1.54) is 11.1 Å². The molecule has 1 saturated heterocycles. The third-order valence-corrected chi connectivity index (χ3v) is 6.24. The Bertz CT molecular complexity index is 873. The third-order valence-electron chi connectivity index (χ3n) is 5.53. The quantitative estimate of drug-likeness (QED) is 0.644. The Morgan fingerprint density at radius 2 is 1.82 bits per heavy atom. The van der Waals surface area contributed by atoms with Gasteiger partial charge in [-0.2, -0.15) is 0 Å². The summed E-state index contributed by atoms with van der Waals surface area (Å²) in [4.78, 5) is 13.8. The van der Waals surface area contributed by atoms with Gasteiger partial charge >= 0.3 is 5.97 Å². The van der Waals surface area contributed by atoms with E-state index in [1.807, 2.05) is 31.2 Å². The van der Waals surface area contributed by atoms with Gasteiger partial charge in [-0.05, 0) is 55.2 Å². The number of ether oxygens (including phenoxy) is 2. The molecule has 0 aromatic heterocycles. The summed E-state index contributed by atoms with van der Waals surface area (Å²) in [5.41, 5.74) is 3.76. The van der Waals surface area contributed by atoms with Crippen molar-refractivity contribution in [1.29, 1.82) is 0 Å². The summed E-state index contributed by atoms with van der Waals surface area (Å²) in [6.45, 7) is 4.88. The van der Waals surface area contributed by atoms with Gasteiger partial charge in [-0.15, -0.1) is 0 Å². The van der Waals surface area contributed by atoms with Gasteiger partial charge in [-0.25, -0.2) is 0 Å². The predicted molar refractivity (Wildman–Crippen MR) is 110 cm³/mol. The standard InChI is InChI=1S/C22H23Cl2NO3/c1-2-27-21(26)11-25-13-22(14-25)9-15-6-7-17(8-16(15)10-22)28-12-18-19(23)4-3-5-20(18)24/h3-8H,2,9-14H2,1H3. The van der Waals surface area contributed by atoms with Gasteiger partial charge in [-0.3, -0.25) is 9.69 Å². The maximum Gasteiger partial charge on any atom is 0.320 e. The molecule has 0 saturated carbocycles. The van der Waals surface area contributed by atoms with E-state index < -0.39 is 0 Å². The molecular formula is C22H23Cl2NO3. The van der Waals surface area contributed by atoms with Gasteiger partial charge < -0.3 is 9.47 Å². The first-order chi connectivity index (χ1) is 13.5. The van der Waals surface area contributed by atoms with Crippen molar-refractivity contribution in [1.82, 2.24) is 4.90 Å². The van der Waals surface area contributed by atoms with Crippen LogP contribution in [0.15, 0.2) is 36.4 Å². The van der Waals surface area contributed by atoms with Crippen molar-refractivity contribution < 1.29 is 14.3 Å². The van der Waals surface area contributed by atoms with Crippen LogP contribution in [0.4, 0.5) is 0 Å². The Balaban J connectivity index is 1.36. The monoisotopic (exact) mass is 419 g/mol. The molecule has 0 amide bonds. The van der Waals surface area contributed by atoms with Crippen molar-refractivity contribution in [2.24, 2.45) is 5.41 Å². The first-order valence-corrected chi connectivity index (χ1v) is 10.3. The van der Waals surface area contributed by atoms with Crippen LogP contribution in [0.1, 0.15) is 23.6 Å². The molecule has 1 aliphatic carbocycles. The molecule has 1 aliphatic heterocycles. The van der Waals surface area contributed by atoms with E-state index in [2.05, 4.69) is 17.0 Å². The number of hydrogen-bond donors (Lipinski definition) is 0. The van der Waals surface area contributed by atoms with Gasteiger partial charge in [0.1, 0.15) is 12.4 Å². The van der Waals surface area contributed by atoms with Crippen LogP contribution < -0.4 is 4.74 Å². The van der Waals surface area contributed by atoms with Crippen molar-refractivity contribution >= 4 is 29.2 Å². The second kappa shape index (κ2) is 7.94. The van der Waals surface area contributed by atoms with E-state index >= 15 is 0 Å². The van der Waals surface area contributed by atoms with Crippen molar-refractivity contribution in [3.63, 3.8) is 0 Å². The molecule has 148 valence electrons. The lowest BCUT2D eigenvalue weighted by Crippen LogP contribution is -2.58. The number of hydrogen-bond acceptors (Lipinski definition) is 4. The summed E-state index contributed by atoms with van der Waals surface area (Å²) in [5, 5.41) is 1.23.